The molecular formula is C15H23NO. The third kappa shape index (κ3) is 3.83. The Bertz CT molecular complexity index is 373. The number of morpholine rings is 1. The third-order valence-corrected chi connectivity index (χ3v) is 3.24. The molecule has 0 radical (unpaired) electrons. The zero-order chi connectivity index (χ0) is 12.3. The Morgan fingerprint density at radius 2 is 2.24 bits per heavy atom. The van der Waals surface area contributed by atoms with E-state index in [4.69, 9.17) is 4.74 Å². The van der Waals surface area contributed by atoms with Crippen LogP contribution in [0.15, 0.2) is 24.3 Å². The maximum absolute atomic E-state index is 5.65. The number of rotatable bonds is 3. The first kappa shape index (κ1) is 12.6. The van der Waals surface area contributed by atoms with E-state index in [-0.39, 0.29) is 5.54 Å². The highest BCUT2D eigenvalue weighted by Gasteiger charge is 2.27. The molecule has 1 saturated heterocycles. The Kier molecular flexibility index (Phi) is 3.85. The van der Waals surface area contributed by atoms with Crippen LogP contribution in [0.4, 0.5) is 0 Å². The van der Waals surface area contributed by atoms with Crippen LogP contribution in [0, 0.1) is 6.92 Å². The normalized spacial score (nSPS) is 23.6. The van der Waals surface area contributed by atoms with Gasteiger partial charge >= 0.3 is 0 Å². The van der Waals surface area contributed by atoms with Crippen molar-refractivity contribution in [1.82, 2.24) is 5.32 Å². The summed E-state index contributed by atoms with van der Waals surface area (Å²) in [5.74, 6) is 0. The second-order valence-corrected chi connectivity index (χ2v) is 5.77. The van der Waals surface area contributed by atoms with E-state index in [1.54, 1.807) is 0 Å². The highest BCUT2D eigenvalue weighted by Crippen LogP contribution is 2.15. The fraction of sp³-hybridized carbons (Fsp3) is 0.600. The Morgan fingerprint density at radius 3 is 2.94 bits per heavy atom. The van der Waals surface area contributed by atoms with Crippen molar-refractivity contribution in [2.75, 3.05) is 13.2 Å². The van der Waals surface area contributed by atoms with Crippen molar-refractivity contribution in [3.05, 3.63) is 35.4 Å². The zero-order valence-electron chi connectivity index (χ0n) is 11.1. The summed E-state index contributed by atoms with van der Waals surface area (Å²) < 4.78 is 5.65. The lowest BCUT2D eigenvalue weighted by Crippen LogP contribution is -2.55. The van der Waals surface area contributed by atoms with Gasteiger partial charge < -0.3 is 10.1 Å². The van der Waals surface area contributed by atoms with E-state index >= 15 is 0 Å². The van der Waals surface area contributed by atoms with Gasteiger partial charge in [-0.1, -0.05) is 29.8 Å². The molecule has 0 bridgehead atoms. The summed E-state index contributed by atoms with van der Waals surface area (Å²) in [5, 5.41) is 3.65. The van der Waals surface area contributed by atoms with Gasteiger partial charge in [0.1, 0.15) is 0 Å². The quantitative estimate of drug-likeness (QED) is 0.866. The lowest BCUT2D eigenvalue weighted by Gasteiger charge is -2.37. The molecule has 0 amide bonds. The van der Waals surface area contributed by atoms with E-state index in [0.29, 0.717) is 6.04 Å². The van der Waals surface area contributed by atoms with Gasteiger partial charge in [-0.2, -0.15) is 0 Å². The van der Waals surface area contributed by atoms with E-state index < -0.39 is 0 Å². The van der Waals surface area contributed by atoms with E-state index in [9.17, 15) is 0 Å². The predicted molar refractivity (Wildman–Crippen MR) is 71.3 cm³/mol. The number of hydrogen-bond acceptors (Lipinski definition) is 2. The van der Waals surface area contributed by atoms with Crippen molar-refractivity contribution < 1.29 is 4.74 Å². The largest absolute Gasteiger partial charge is 0.378 e. The molecule has 94 valence electrons. The van der Waals surface area contributed by atoms with E-state index in [0.717, 1.165) is 26.1 Å². The lowest BCUT2D eigenvalue weighted by molar-refractivity contribution is 0.0113. The minimum absolute atomic E-state index is 0.121. The summed E-state index contributed by atoms with van der Waals surface area (Å²) in [6, 6.07) is 9.25. The smallest absolute Gasteiger partial charge is 0.0643 e. The van der Waals surface area contributed by atoms with Gasteiger partial charge in [0.05, 0.1) is 13.2 Å². The molecule has 0 spiro atoms. The molecule has 17 heavy (non-hydrogen) atoms. The topological polar surface area (TPSA) is 21.3 Å². The van der Waals surface area contributed by atoms with Crippen molar-refractivity contribution in [2.45, 2.75) is 45.2 Å². The zero-order valence-corrected chi connectivity index (χ0v) is 11.1. The van der Waals surface area contributed by atoms with Gasteiger partial charge in [0.2, 0.25) is 0 Å². The van der Waals surface area contributed by atoms with Gasteiger partial charge in [-0.15, -0.1) is 0 Å². The Balaban J connectivity index is 1.86. The Morgan fingerprint density at radius 1 is 1.41 bits per heavy atom. The van der Waals surface area contributed by atoms with Crippen molar-refractivity contribution in [3.8, 4) is 0 Å². The van der Waals surface area contributed by atoms with Gasteiger partial charge in [-0.25, -0.2) is 0 Å². The average molecular weight is 233 g/mol. The molecule has 1 atom stereocenters. The van der Waals surface area contributed by atoms with Gasteiger partial charge in [0, 0.05) is 11.6 Å². The summed E-state index contributed by atoms with van der Waals surface area (Å²) in [4.78, 5) is 0. The number of hydrogen-bond donors (Lipinski definition) is 1. The van der Waals surface area contributed by atoms with Crippen LogP contribution in [-0.4, -0.2) is 24.8 Å². The number of aryl methyl sites for hydroxylation is 2. The van der Waals surface area contributed by atoms with Gasteiger partial charge in [-0.05, 0) is 39.2 Å². The summed E-state index contributed by atoms with van der Waals surface area (Å²) in [6.07, 6.45) is 2.27. The molecule has 2 nitrogen and oxygen atoms in total. The Hall–Kier alpha value is -0.860. The van der Waals surface area contributed by atoms with Crippen LogP contribution in [0.3, 0.4) is 0 Å². The van der Waals surface area contributed by atoms with Crippen molar-refractivity contribution in [3.63, 3.8) is 0 Å². The maximum atomic E-state index is 5.65. The van der Waals surface area contributed by atoms with Gasteiger partial charge in [0.15, 0.2) is 0 Å². The van der Waals surface area contributed by atoms with Crippen molar-refractivity contribution >= 4 is 0 Å². The summed E-state index contributed by atoms with van der Waals surface area (Å²) in [6.45, 7) is 8.20. The minimum atomic E-state index is 0.121. The predicted octanol–water partition coefficient (Wildman–Crippen LogP) is 2.69. The highest BCUT2D eigenvalue weighted by molar-refractivity contribution is 5.22. The molecule has 1 fully saturated rings. The monoisotopic (exact) mass is 233 g/mol. The molecular weight excluding hydrogens is 210 g/mol. The average Bonchev–Trinajstić information content (AvgIpc) is 2.25. The van der Waals surface area contributed by atoms with Crippen molar-refractivity contribution in [2.24, 2.45) is 0 Å². The second kappa shape index (κ2) is 5.19. The standard InChI is InChI=1S/C15H23NO/c1-12-5-4-6-13(9-12)7-8-14-10-17-11-15(2,3)16-14/h4-6,9,14,16H,7-8,10-11H2,1-3H3. The fourth-order valence-electron chi connectivity index (χ4n) is 2.46. The van der Waals surface area contributed by atoms with Crippen LogP contribution in [0.2, 0.25) is 0 Å². The SMILES string of the molecule is Cc1cccc(CCC2COCC(C)(C)N2)c1. The molecule has 2 rings (SSSR count). The van der Waals surface area contributed by atoms with E-state index in [1.165, 1.54) is 11.1 Å². The number of nitrogens with one attached hydrogen (secondary N) is 1. The molecule has 1 aliphatic rings. The molecule has 0 aliphatic carbocycles. The minimum Gasteiger partial charge on any atom is -0.378 e. The van der Waals surface area contributed by atoms with Crippen LogP contribution in [0.5, 0.6) is 0 Å². The molecule has 1 heterocycles. The molecule has 1 aromatic carbocycles. The van der Waals surface area contributed by atoms with Crippen LogP contribution >= 0.6 is 0 Å². The molecule has 1 aliphatic heterocycles. The van der Waals surface area contributed by atoms with Crippen LogP contribution in [0.1, 0.15) is 31.4 Å². The van der Waals surface area contributed by atoms with Crippen LogP contribution < -0.4 is 5.32 Å². The fourth-order valence-corrected chi connectivity index (χ4v) is 2.46. The number of benzene rings is 1. The summed E-state index contributed by atoms with van der Waals surface area (Å²) in [7, 11) is 0. The van der Waals surface area contributed by atoms with E-state index in [1.807, 2.05) is 0 Å². The third-order valence-electron chi connectivity index (χ3n) is 3.24. The summed E-state index contributed by atoms with van der Waals surface area (Å²) in [5.41, 5.74) is 2.89. The van der Waals surface area contributed by atoms with Crippen LogP contribution in [-0.2, 0) is 11.2 Å². The second-order valence-electron chi connectivity index (χ2n) is 5.77. The maximum Gasteiger partial charge on any atom is 0.0643 e. The number of ether oxygens (including phenoxy) is 1. The van der Waals surface area contributed by atoms with E-state index in [2.05, 4.69) is 50.4 Å². The summed E-state index contributed by atoms with van der Waals surface area (Å²) >= 11 is 0. The lowest BCUT2D eigenvalue weighted by atomic mass is 9.98. The first-order valence-electron chi connectivity index (χ1n) is 6.46. The molecule has 0 saturated carbocycles. The van der Waals surface area contributed by atoms with Crippen LogP contribution in [0.25, 0.3) is 0 Å². The first-order valence-corrected chi connectivity index (χ1v) is 6.46. The van der Waals surface area contributed by atoms with Crippen molar-refractivity contribution in [1.29, 1.82) is 0 Å². The Labute approximate surface area is 104 Å². The molecule has 2 heteroatoms. The van der Waals surface area contributed by atoms with Gasteiger partial charge in [-0.3, -0.25) is 0 Å². The van der Waals surface area contributed by atoms with Gasteiger partial charge in [0.25, 0.3) is 0 Å². The highest BCUT2D eigenvalue weighted by atomic mass is 16.5. The molecule has 1 N–H and O–H groups in total. The molecule has 1 unspecified atom stereocenters. The molecule has 0 aromatic heterocycles. The molecule has 1 aromatic rings. The first-order chi connectivity index (χ1) is 8.05.